The van der Waals surface area contributed by atoms with E-state index in [1.165, 1.54) is 24.3 Å². The van der Waals surface area contributed by atoms with E-state index in [-0.39, 0.29) is 35.1 Å². The molecule has 31 heavy (non-hydrogen) atoms. The number of nitrogens with one attached hydrogen (secondary N) is 1. The van der Waals surface area contributed by atoms with E-state index < -0.39 is 23.4 Å². The zero-order valence-electron chi connectivity index (χ0n) is 17.4. The van der Waals surface area contributed by atoms with Crippen LogP contribution >= 0.6 is 0 Å². The van der Waals surface area contributed by atoms with Gasteiger partial charge in [-0.15, -0.1) is 0 Å². The molecule has 1 aromatic heterocycles. The van der Waals surface area contributed by atoms with Crippen LogP contribution in [0.25, 0.3) is 5.69 Å². The number of carbonyl (C=O) groups is 2. The topological polar surface area (TPSA) is 116 Å². The molecule has 0 unspecified atom stereocenters. The third-order valence-corrected chi connectivity index (χ3v) is 4.87. The van der Waals surface area contributed by atoms with Gasteiger partial charge in [-0.3, -0.25) is 9.59 Å². The maximum atomic E-state index is 14.9. The lowest BCUT2D eigenvalue weighted by Gasteiger charge is -2.11. The number of carbonyl (C=O) groups excluding carboxylic acids is 2. The minimum absolute atomic E-state index is 0.00320. The van der Waals surface area contributed by atoms with Crippen LogP contribution in [0.1, 0.15) is 57.4 Å². The van der Waals surface area contributed by atoms with Crippen molar-refractivity contribution in [1.82, 2.24) is 15.1 Å². The lowest BCUT2D eigenvalue weighted by Crippen LogP contribution is -2.24. The molecule has 2 amide bonds. The van der Waals surface area contributed by atoms with Crippen LogP contribution < -0.4 is 16.8 Å². The van der Waals surface area contributed by atoms with Crippen molar-refractivity contribution in [2.45, 2.75) is 33.2 Å². The highest BCUT2D eigenvalue weighted by molar-refractivity contribution is 5.97. The van der Waals surface area contributed by atoms with Crippen LogP contribution in [0.3, 0.4) is 0 Å². The Morgan fingerprint density at radius 3 is 2.48 bits per heavy atom. The summed E-state index contributed by atoms with van der Waals surface area (Å²) in [6, 6.07) is 8.14. The van der Waals surface area contributed by atoms with Gasteiger partial charge in [0.2, 0.25) is 0 Å². The van der Waals surface area contributed by atoms with Crippen molar-refractivity contribution in [3.8, 4) is 5.69 Å². The van der Waals surface area contributed by atoms with Gasteiger partial charge in [0.05, 0.1) is 11.4 Å². The predicted octanol–water partition coefficient (Wildman–Crippen LogP) is 3.19. The second-order valence-electron chi connectivity index (χ2n) is 7.51. The molecule has 9 heteroatoms. The summed E-state index contributed by atoms with van der Waals surface area (Å²) in [7, 11) is 0. The molecule has 0 spiro atoms. The van der Waals surface area contributed by atoms with Crippen LogP contribution in [-0.2, 0) is 6.54 Å². The quantitative estimate of drug-likeness (QED) is 0.560. The molecule has 0 fully saturated rings. The van der Waals surface area contributed by atoms with E-state index in [4.69, 9.17) is 11.5 Å². The number of aromatic nitrogens is 2. The second kappa shape index (κ2) is 8.55. The zero-order chi connectivity index (χ0) is 22.9. The lowest BCUT2D eigenvalue weighted by atomic mass is 10.1. The summed E-state index contributed by atoms with van der Waals surface area (Å²) in [6.45, 7) is 5.40. The molecule has 0 aliphatic rings. The number of primary amides is 1. The number of nitrogen functional groups attached to an aromatic ring is 1. The van der Waals surface area contributed by atoms with E-state index in [1.807, 2.05) is 13.8 Å². The molecule has 1 heterocycles. The van der Waals surface area contributed by atoms with Crippen molar-refractivity contribution >= 4 is 17.5 Å². The Labute approximate surface area is 178 Å². The minimum Gasteiger partial charge on any atom is -0.395 e. The summed E-state index contributed by atoms with van der Waals surface area (Å²) in [6.07, 6.45) is 0. The lowest BCUT2D eigenvalue weighted by molar-refractivity contribution is 0.0948. The molecule has 2 aromatic carbocycles. The number of halogens is 2. The average molecular weight is 427 g/mol. The third-order valence-electron chi connectivity index (χ3n) is 4.87. The van der Waals surface area contributed by atoms with Gasteiger partial charge in [-0.05, 0) is 48.2 Å². The number of rotatable bonds is 6. The van der Waals surface area contributed by atoms with Gasteiger partial charge in [0, 0.05) is 12.1 Å². The Morgan fingerprint density at radius 1 is 1.16 bits per heavy atom. The van der Waals surface area contributed by atoms with E-state index in [0.29, 0.717) is 16.8 Å². The van der Waals surface area contributed by atoms with Crippen LogP contribution in [-0.4, -0.2) is 21.6 Å². The van der Waals surface area contributed by atoms with Gasteiger partial charge >= 0.3 is 0 Å². The zero-order valence-corrected chi connectivity index (χ0v) is 17.4. The first-order valence-electron chi connectivity index (χ1n) is 9.61. The SMILES string of the molecule is Cc1ccc(F)cc1C(=O)NCc1ccc(-n2nc(C(C)C)c(N)c2C(N)=O)c(F)c1. The number of anilines is 1. The Balaban J connectivity index is 1.86. The number of nitrogens with zero attached hydrogens (tertiary/aromatic N) is 2. The fraction of sp³-hybridized carbons (Fsp3) is 0.227. The van der Waals surface area contributed by atoms with Crippen molar-refractivity contribution in [2.75, 3.05) is 5.73 Å². The molecule has 0 bridgehead atoms. The van der Waals surface area contributed by atoms with Gasteiger partial charge in [-0.2, -0.15) is 5.10 Å². The third kappa shape index (κ3) is 4.40. The first kappa shape index (κ1) is 21.9. The monoisotopic (exact) mass is 427 g/mol. The Bertz CT molecular complexity index is 1170. The molecule has 0 aliphatic carbocycles. The largest absolute Gasteiger partial charge is 0.395 e. The first-order chi connectivity index (χ1) is 14.6. The Hall–Kier alpha value is -3.75. The highest BCUT2D eigenvalue weighted by Crippen LogP contribution is 2.27. The predicted molar refractivity (Wildman–Crippen MR) is 113 cm³/mol. The molecule has 3 aromatic rings. The van der Waals surface area contributed by atoms with Gasteiger partial charge in [0.25, 0.3) is 11.8 Å². The van der Waals surface area contributed by atoms with E-state index in [2.05, 4.69) is 10.4 Å². The molecule has 0 saturated heterocycles. The van der Waals surface area contributed by atoms with Crippen LogP contribution in [0.5, 0.6) is 0 Å². The number of hydrogen-bond donors (Lipinski definition) is 3. The van der Waals surface area contributed by atoms with Gasteiger partial charge in [-0.1, -0.05) is 26.0 Å². The summed E-state index contributed by atoms with van der Waals surface area (Å²) < 4.78 is 29.4. The minimum atomic E-state index is -0.821. The smallest absolute Gasteiger partial charge is 0.269 e. The van der Waals surface area contributed by atoms with Gasteiger partial charge in [0.15, 0.2) is 5.69 Å². The highest BCUT2D eigenvalue weighted by Gasteiger charge is 2.24. The standard InChI is InChI=1S/C22H23F2N5O2/c1-11(2)19-18(25)20(21(26)30)29(28-19)17-7-5-13(8-16(17)24)10-27-22(31)15-9-14(23)6-4-12(15)3/h4-9,11H,10,25H2,1-3H3,(H2,26,30)(H,27,31). The molecule has 0 saturated carbocycles. The van der Waals surface area contributed by atoms with E-state index >= 15 is 0 Å². The molecule has 7 nitrogen and oxygen atoms in total. The number of amides is 2. The Kier molecular flexibility index (Phi) is 6.05. The average Bonchev–Trinajstić information content (AvgIpc) is 3.05. The fourth-order valence-electron chi connectivity index (χ4n) is 3.23. The number of aryl methyl sites for hydroxylation is 1. The van der Waals surface area contributed by atoms with E-state index in [9.17, 15) is 18.4 Å². The van der Waals surface area contributed by atoms with Gasteiger partial charge in [0.1, 0.15) is 17.3 Å². The summed E-state index contributed by atoms with van der Waals surface area (Å²) >= 11 is 0. The Morgan fingerprint density at radius 2 is 1.87 bits per heavy atom. The van der Waals surface area contributed by atoms with Crippen molar-refractivity contribution < 1.29 is 18.4 Å². The fourth-order valence-corrected chi connectivity index (χ4v) is 3.23. The van der Waals surface area contributed by atoms with Crippen molar-refractivity contribution in [1.29, 1.82) is 0 Å². The molecular weight excluding hydrogens is 404 g/mol. The molecule has 0 aliphatic heterocycles. The van der Waals surface area contributed by atoms with Crippen LogP contribution in [0.4, 0.5) is 14.5 Å². The first-order valence-corrected chi connectivity index (χ1v) is 9.61. The molecule has 162 valence electrons. The van der Waals surface area contributed by atoms with Crippen LogP contribution in [0.2, 0.25) is 0 Å². The summed E-state index contributed by atoms with van der Waals surface area (Å²) in [4.78, 5) is 24.2. The maximum Gasteiger partial charge on any atom is 0.269 e. The van der Waals surface area contributed by atoms with Crippen molar-refractivity contribution in [3.63, 3.8) is 0 Å². The van der Waals surface area contributed by atoms with Crippen LogP contribution in [0, 0.1) is 18.6 Å². The van der Waals surface area contributed by atoms with E-state index in [1.54, 1.807) is 13.0 Å². The van der Waals surface area contributed by atoms with Crippen molar-refractivity contribution in [2.24, 2.45) is 5.73 Å². The molecule has 5 N–H and O–H groups in total. The number of hydrogen-bond acceptors (Lipinski definition) is 4. The highest BCUT2D eigenvalue weighted by atomic mass is 19.1. The summed E-state index contributed by atoms with van der Waals surface area (Å²) in [5.41, 5.74) is 13.2. The molecule has 3 rings (SSSR count). The van der Waals surface area contributed by atoms with Gasteiger partial charge in [-0.25, -0.2) is 13.5 Å². The maximum absolute atomic E-state index is 14.9. The van der Waals surface area contributed by atoms with Crippen LogP contribution in [0.15, 0.2) is 36.4 Å². The molecule has 0 radical (unpaired) electrons. The van der Waals surface area contributed by atoms with Crippen molar-refractivity contribution in [3.05, 3.63) is 76.1 Å². The number of nitrogens with two attached hydrogens (primary N) is 2. The summed E-state index contributed by atoms with van der Waals surface area (Å²) in [5, 5.41) is 6.91. The molecular formula is C22H23F2N5O2. The summed E-state index contributed by atoms with van der Waals surface area (Å²) in [5.74, 6) is -2.58. The van der Waals surface area contributed by atoms with E-state index in [0.717, 1.165) is 10.7 Å². The normalized spacial score (nSPS) is 11.0. The van der Waals surface area contributed by atoms with Gasteiger partial charge < -0.3 is 16.8 Å². The second-order valence-corrected chi connectivity index (χ2v) is 7.51. The molecule has 0 atom stereocenters. The number of benzene rings is 2.